The summed E-state index contributed by atoms with van der Waals surface area (Å²) in [5.41, 5.74) is 7.38. The number of nitrogens with one attached hydrogen (secondary N) is 3. The molecule has 2 amide bonds. The number of aryl methyl sites for hydroxylation is 1. The Morgan fingerprint density at radius 2 is 2.39 bits per heavy atom. The molecule has 0 radical (unpaired) electrons. The summed E-state index contributed by atoms with van der Waals surface area (Å²) in [7, 11) is 0. The second kappa shape index (κ2) is 6.83. The fourth-order valence-electron chi connectivity index (χ4n) is 2.19. The Balaban J connectivity index is 1.55. The molecule has 7 nitrogen and oxygen atoms in total. The van der Waals surface area contributed by atoms with E-state index in [1.807, 2.05) is 25.1 Å². The van der Waals surface area contributed by atoms with Gasteiger partial charge in [-0.2, -0.15) is 0 Å². The molecule has 2 aromatic rings. The Kier molecular flexibility index (Phi) is 4.81. The van der Waals surface area contributed by atoms with Gasteiger partial charge >= 0.3 is 0 Å². The number of benzene rings is 1. The van der Waals surface area contributed by atoms with E-state index in [0.717, 1.165) is 15.8 Å². The van der Waals surface area contributed by atoms with E-state index in [-0.39, 0.29) is 35.7 Å². The van der Waals surface area contributed by atoms with Crippen molar-refractivity contribution in [3.05, 3.63) is 23.8 Å². The highest BCUT2D eigenvalue weighted by Gasteiger charge is 2.23. The van der Waals surface area contributed by atoms with Crippen molar-refractivity contribution in [1.82, 2.24) is 15.6 Å². The van der Waals surface area contributed by atoms with Crippen LogP contribution in [0.25, 0.3) is 10.2 Å². The van der Waals surface area contributed by atoms with Crippen LogP contribution in [0.4, 0.5) is 5.13 Å². The molecule has 9 heteroatoms. The topological polar surface area (TPSA) is 109 Å². The average molecular weight is 351 g/mol. The summed E-state index contributed by atoms with van der Waals surface area (Å²) in [6.07, 6.45) is -0.134. The first-order valence-electron chi connectivity index (χ1n) is 7.09. The molecule has 0 bridgehead atoms. The number of rotatable bonds is 4. The zero-order valence-electron chi connectivity index (χ0n) is 12.5. The summed E-state index contributed by atoms with van der Waals surface area (Å²) in [6, 6.07) is 5.97. The van der Waals surface area contributed by atoms with Gasteiger partial charge in [0.05, 0.1) is 28.6 Å². The molecule has 2 heterocycles. The third-order valence-corrected chi connectivity index (χ3v) is 5.18. The second-order valence-electron chi connectivity index (χ2n) is 5.27. The summed E-state index contributed by atoms with van der Waals surface area (Å²) in [5.74, 6) is -0.0868. The third kappa shape index (κ3) is 4.20. The van der Waals surface area contributed by atoms with Crippen molar-refractivity contribution >= 4 is 50.3 Å². The van der Waals surface area contributed by atoms with Gasteiger partial charge in [-0.3, -0.25) is 14.9 Å². The van der Waals surface area contributed by atoms with Crippen molar-refractivity contribution < 1.29 is 9.59 Å². The number of nitrogens with zero attached hydrogens (tertiary/aromatic N) is 1. The van der Waals surface area contributed by atoms with Gasteiger partial charge in [0.25, 0.3) is 0 Å². The number of carbonyl (C=O) groups excluding carboxylic acids is 2. The maximum atomic E-state index is 12.0. The van der Waals surface area contributed by atoms with E-state index in [2.05, 4.69) is 20.9 Å². The zero-order chi connectivity index (χ0) is 16.4. The minimum Gasteiger partial charge on any atom is -0.332 e. The highest BCUT2D eigenvalue weighted by molar-refractivity contribution is 8.00. The maximum absolute atomic E-state index is 12.0. The maximum Gasteiger partial charge on any atom is 0.236 e. The van der Waals surface area contributed by atoms with Crippen molar-refractivity contribution in [3.63, 3.8) is 0 Å². The molecule has 1 aliphatic rings. The van der Waals surface area contributed by atoms with Crippen LogP contribution in [0, 0.1) is 6.92 Å². The molecule has 122 valence electrons. The van der Waals surface area contributed by atoms with Gasteiger partial charge in [0.1, 0.15) is 5.50 Å². The number of anilines is 1. The highest BCUT2D eigenvalue weighted by atomic mass is 32.2. The van der Waals surface area contributed by atoms with Gasteiger partial charge in [0.15, 0.2) is 5.13 Å². The van der Waals surface area contributed by atoms with Crippen LogP contribution in [-0.4, -0.2) is 34.2 Å². The minimum absolute atomic E-state index is 0.115. The van der Waals surface area contributed by atoms with Crippen LogP contribution < -0.4 is 21.7 Å². The highest BCUT2D eigenvalue weighted by Crippen LogP contribution is 2.26. The lowest BCUT2D eigenvalue weighted by atomic mass is 10.2. The summed E-state index contributed by atoms with van der Waals surface area (Å²) in [4.78, 5) is 27.8. The molecule has 23 heavy (non-hydrogen) atoms. The predicted molar refractivity (Wildman–Crippen MR) is 93.1 cm³/mol. The van der Waals surface area contributed by atoms with Crippen LogP contribution in [0.15, 0.2) is 18.2 Å². The van der Waals surface area contributed by atoms with E-state index >= 15 is 0 Å². The van der Waals surface area contributed by atoms with Crippen LogP contribution in [0.1, 0.15) is 12.0 Å². The van der Waals surface area contributed by atoms with Gasteiger partial charge in [-0.25, -0.2) is 4.98 Å². The monoisotopic (exact) mass is 351 g/mol. The fraction of sp³-hybridized carbons (Fsp3) is 0.357. The Morgan fingerprint density at radius 3 is 3.17 bits per heavy atom. The number of thioether (sulfide) groups is 1. The number of aromatic nitrogens is 1. The lowest BCUT2D eigenvalue weighted by Crippen LogP contribution is -2.58. The van der Waals surface area contributed by atoms with E-state index in [0.29, 0.717) is 5.13 Å². The molecular weight excluding hydrogens is 334 g/mol. The molecule has 2 atom stereocenters. The number of nitrogens with two attached hydrogens (primary N) is 1. The molecule has 2 unspecified atom stereocenters. The Labute approximate surface area is 141 Å². The van der Waals surface area contributed by atoms with Crippen LogP contribution in [0.3, 0.4) is 0 Å². The van der Waals surface area contributed by atoms with Gasteiger partial charge in [-0.05, 0) is 24.6 Å². The first-order chi connectivity index (χ1) is 11.0. The van der Waals surface area contributed by atoms with E-state index in [9.17, 15) is 9.59 Å². The van der Waals surface area contributed by atoms with Crippen LogP contribution in [0.5, 0.6) is 0 Å². The van der Waals surface area contributed by atoms with Crippen LogP contribution in [0.2, 0.25) is 0 Å². The Morgan fingerprint density at radius 1 is 1.57 bits per heavy atom. The molecule has 5 N–H and O–H groups in total. The van der Waals surface area contributed by atoms with Crippen molar-refractivity contribution in [2.75, 3.05) is 11.1 Å². The van der Waals surface area contributed by atoms with Crippen LogP contribution >= 0.6 is 23.1 Å². The molecule has 1 aromatic carbocycles. The molecule has 0 spiro atoms. The first kappa shape index (κ1) is 16.2. The van der Waals surface area contributed by atoms with E-state index in [4.69, 9.17) is 5.73 Å². The van der Waals surface area contributed by atoms with E-state index < -0.39 is 0 Å². The first-order valence-corrected chi connectivity index (χ1v) is 8.96. The van der Waals surface area contributed by atoms with Crippen LogP contribution in [-0.2, 0) is 9.59 Å². The Hall–Kier alpha value is -1.68. The van der Waals surface area contributed by atoms with E-state index in [1.165, 1.54) is 23.1 Å². The number of amides is 2. The smallest absolute Gasteiger partial charge is 0.236 e. The van der Waals surface area contributed by atoms with Gasteiger partial charge in [0, 0.05) is 0 Å². The summed E-state index contributed by atoms with van der Waals surface area (Å²) < 4.78 is 1.04. The summed E-state index contributed by atoms with van der Waals surface area (Å²) in [6.45, 7) is 2.02. The number of fused-ring (bicyclic) bond motifs is 1. The molecule has 0 aliphatic carbocycles. The molecular formula is C14H17N5O2S2. The summed E-state index contributed by atoms with van der Waals surface area (Å²) in [5, 5.41) is 9.11. The van der Waals surface area contributed by atoms with Crippen molar-refractivity contribution in [3.8, 4) is 0 Å². The molecule has 0 saturated carbocycles. The molecule has 1 fully saturated rings. The number of hydrogen-bond acceptors (Lipinski definition) is 7. The van der Waals surface area contributed by atoms with Gasteiger partial charge in [0.2, 0.25) is 11.8 Å². The number of thiazole rings is 1. The number of carbonyl (C=O) groups is 2. The quantitative estimate of drug-likeness (QED) is 0.653. The van der Waals surface area contributed by atoms with Gasteiger partial charge in [-0.15, -0.1) is 11.8 Å². The summed E-state index contributed by atoms with van der Waals surface area (Å²) >= 11 is 2.73. The van der Waals surface area contributed by atoms with Crippen molar-refractivity contribution in [2.45, 2.75) is 25.0 Å². The fourth-order valence-corrected chi connectivity index (χ4v) is 4.05. The minimum atomic E-state index is -0.378. The molecule has 1 aromatic heterocycles. The standard InChI is InChI=1S/C14H17N5O2S2/c1-7-2-3-8-9(4-7)23-14(16-8)19-12(21)6-22-13-17-10(15)5-11(20)18-13/h2-4,10,13,17H,5-6,15H2,1H3,(H,18,20)(H,16,19,21). The number of hydrogen-bond donors (Lipinski definition) is 4. The second-order valence-corrected chi connectivity index (χ2v) is 7.40. The normalized spacial score (nSPS) is 21.2. The molecule has 1 saturated heterocycles. The lowest BCUT2D eigenvalue weighted by molar-refractivity contribution is -0.123. The lowest BCUT2D eigenvalue weighted by Gasteiger charge is -2.28. The molecule has 3 rings (SSSR count). The molecule has 1 aliphatic heterocycles. The van der Waals surface area contributed by atoms with Crippen molar-refractivity contribution in [1.29, 1.82) is 0 Å². The predicted octanol–water partition coefficient (Wildman–Crippen LogP) is 0.954. The van der Waals surface area contributed by atoms with Gasteiger partial charge < -0.3 is 16.4 Å². The van der Waals surface area contributed by atoms with E-state index in [1.54, 1.807) is 0 Å². The van der Waals surface area contributed by atoms with Crippen molar-refractivity contribution in [2.24, 2.45) is 5.73 Å². The van der Waals surface area contributed by atoms with Gasteiger partial charge in [-0.1, -0.05) is 17.4 Å². The Bertz CT molecular complexity index is 748. The SMILES string of the molecule is Cc1ccc2nc(NC(=O)CSC3NC(=O)CC(N)N3)sc2c1. The third-order valence-electron chi connectivity index (χ3n) is 3.23. The largest absolute Gasteiger partial charge is 0.332 e. The average Bonchev–Trinajstić information content (AvgIpc) is 2.85. The zero-order valence-corrected chi connectivity index (χ0v) is 14.1.